The van der Waals surface area contributed by atoms with E-state index in [0.717, 1.165) is 34.7 Å². The molecule has 0 aromatic heterocycles. The second kappa shape index (κ2) is 16.5. The van der Waals surface area contributed by atoms with Gasteiger partial charge in [-0.1, -0.05) is 54.6 Å². The van der Waals surface area contributed by atoms with Gasteiger partial charge >= 0.3 is 12.0 Å². The van der Waals surface area contributed by atoms with Crippen LogP contribution in [0.5, 0.6) is 5.75 Å². The van der Waals surface area contributed by atoms with Crippen LogP contribution in [0.15, 0.2) is 78.9 Å². The minimum absolute atomic E-state index is 0.150. The summed E-state index contributed by atoms with van der Waals surface area (Å²) < 4.78 is 11.2. The second-order valence-corrected chi connectivity index (χ2v) is 10.3. The van der Waals surface area contributed by atoms with Crippen LogP contribution in [0.2, 0.25) is 0 Å². The van der Waals surface area contributed by atoms with Crippen molar-refractivity contribution in [2.24, 2.45) is 0 Å². The summed E-state index contributed by atoms with van der Waals surface area (Å²) in [4.78, 5) is 26.2. The number of aryl methyl sites for hydroxylation is 1. The minimum Gasteiger partial charge on any atom is -0.492 e. The van der Waals surface area contributed by atoms with Gasteiger partial charge in [0.2, 0.25) is 0 Å². The van der Waals surface area contributed by atoms with Crippen LogP contribution >= 0.6 is 11.8 Å². The summed E-state index contributed by atoms with van der Waals surface area (Å²) in [6, 6.07) is 25.3. The highest BCUT2D eigenvalue weighted by atomic mass is 32.2. The monoisotopic (exact) mass is 550 g/mol. The first kappa shape index (κ1) is 30.1. The highest BCUT2D eigenvalue weighted by Gasteiger charge is 2.18. The summed E-state index contributed by atoms with van der Waals surface area (Å²) in [5.74, 6) is 1.59. The van der Waals surface area contributed by atoms with Gasteiger partial charge in [0.25, 0.3) is 0 Å². The highest BCUT2D eigenvalue weighted by Crippen LogP contribution is 2.16. The lowest BCUT2D eigenvalue weighted by Gasteiger charge is -2.23. The van der Waals surface area contributed by atoms with Crippen LogP contribution in [0.1, 0.15) is 30.0 Å². The molecule has 208 valence electrons. The maximum Gasteiger partial charge on any atom is 0.333 e. The molecule has 0 aliphatic heterocycles. The van der Waals surface area contributed by atoms with Crippen LogP contribution in [0.4, 0.5) is 10.5 Å². The number of ether oxygens (including phenoxy) is 2. The minimum atomic E-state index is -0.973. The van der Waals surface area contributed by atoms with Gasteiger partial charge in [0.05, 0.1) is 6.54 Å². The Labute approximate surface area is 235 Å². The Bertz CT molecular complexity index is 1160. The molecule has 0 bridgehead atoms. The van der Waals surface area contributed by atoms with Crippen LogP contribution in [0.3, 0.4) is 0 Å². The lowest BCUT2D eigenvalue weighted by molar-refractivity contribution is -0.149. The molecule has 3 rings (SSSR count). The van der Waals surface area contributed by atoms with E-state index in [1.165, 1.54) is 5.56 Å². The van der Waals surface area contributed by atoms with E-state index in [0.29, 0.717) is 38.5 Å². The molecule has 3 aromatic carbocycles. The zero-order valence-corrected chi connectivity index (χ0v) is 23.5. The van der Waals surface area contributed by atoms with Gasteiger partial charge in [0.1, 0.15) is 12.4 Å². The average molecular weight is 551 g/mol. The summed E-state index contributed by atoms with van der Waals surface area (Å²) in [7, 11) is 0. The van der Waals surface area contributed by atoms with Crippen molar-refractivity contribution in [3.8, 4) is 5.75 Å². The number of amides is 2. The molecule has 1 unspecified atom stereocenters. The van der Waals surface area contributed by atoms with Crippen molar-refractivity contribution in [1.82, 2.24) is 4.90 Å². The standard InChI is InChI=1S/C31H38N2O5S/c1-3-37-29(30(34)35)22-25-13-15-28(16-14-25)38-19-18-33(31(36)32-27-12-7-9-24(2)21-27)17-8-20-39-23-26-10-5-4-6-11-26/h4-7,9-16,21,29H,3,8,17-20,22-23H2,1-2H3,(H,32,36)(H,34,35). The molecule has 0 heterocycles. The molecule has 3 aromatic rings. The van der Waals surface area contributed by atoms with Crippen LogP contribution in [0, 0.1) is 6.92 Å². The van der Waals surface area contributed by atoms with E-state index < -0.39 is 12.1 Å². The number of aliphatic carboxylic acids is 1. The van der Waals surface area contributed by atoms with Crippen molar-refractivity contribution in [3.05, 3.63) is 95.6 Å². The van der Waals surface area contributed by atoms with E-state index >= 15 is 0 Å². The van der Waals surface area contributed by atoms with Crippen LogP contribution in [-0.4, -0.2) is 60.2 Å². The summed E-state index contributed by atoms with van der Waals surface area (Å²) >= 11 is 1.86. The van der Waals surface area contributed by atoms with Gasteiger partial charge in [-0.2, -0.15) is 11.8 Å². The van der Waals surface area contributed by atoms with E-state index in [2.05, 4.69) is 29.6 Å². The molecule has 1 atom stereocenters. The van der Waals surface area contributed by atoms with Crippen molar-refractivity contribution >= 4 is 29.4 Å². The number of carbonyl (C=O) groups is 2. The predicted molar refractivity (Wildman–Crippen MR) is 158 cm³/mol. The fourth-order valence-electron chi connectivity index (χ4n) is 3.99. The van der Waals surface area contributed by atoms with Crippen molar-refractivity contribution in [2.75, 3.05) is 37.4 Å². The topological polar surface area (TPSA) is 88.1 Å². The number of carboxylic acids is 1. The third-order valence-electron chi connectivity index (χ3n) is 6.00. The van der Waals surface area contributed by atoms with E-state index in [9.17, 15) is 14.7 Å². The molecule has 0 saturated heterocycles. The van der Waals surface area contributed by atoms with Crippen LogP contribution in [-0.2, 0) is 21.7 Å². The molecule has 0 aliphatic rings. The first-order valence-corrected chi connectivity index (χ1v) is 14.4. The normalized spacial score (nSPS) is 11.5. The number of carboxylic acid groups (broad SMARTS) is 1. The average Bonchev–Trinajstić information content (AvgIpc) is 2.93. The number of urea groups is 1. The Kier molecular flexibility index (Phi) is 12.7. The number of nitrogens with one attached hydrogen (secondary N) is 1. The molecule has 0 aliphatic carbocycles. The summed E-state index contributed by atoms with van der Waals surface area (Å²) in [6.45, 7) is 5.52. The number of carbonyl (C=O) groups excluding carboxylic acids is 1. The van der Waals surface area contributed by atoms with Gasteiger partial charge in [-0.3, -0.25) is 0 Å². The number of hydrogen-bond donors (Lipinski definition) is 2. The lowest BCUT2D eigenvalue weighted by atomic mass is 10.1. The fourth-order valence-corrected chi connectivity index (χ4v) is 4.90. The number of hydrogen-bond acceptors (Lipinski definition) is 5. The molecule has 2 amide bonds. The molecule has 0 saturated carbocycles. The van der Waals surface area contributed by atoms with E-state index in [-0.39, 0.29) is 6.03 Å². The van der Waals surface area contributed by atoms with Crippen LogP contribution < -0.4 is 10.1 Å². The largest absolute Gasteiger partial charge is 0.492 e. The fraction of sp³-hybridized carbons (Fsp3) is 0.355. The first-order chi connectivity index (χ1) is 18.9. The van der Waals surface area contributed by atoms with E-state index in [4.69, 9.17) is 9.47 Å². The Morgan fingerprint density at radius 3 is 2.44 bits per heavy atom. The molecule has 0 radical (unpaired) electrons. The van der Waals surface area contributed by atoms with Crippen LogP contribution in [0.25, 0.3) is 0 Å². The Hall–Kier alpha value is -3.49. The number of rotatable bonds is 16. The van der Waals surface area contributed by atoms with Gasteiger partial charge < -0.3 is 24.8 Å². The van der Waals surface area contributed by atoms with Gasteiger partial charge in [-0.25, -0.2) is 9.59 Å². The Morgan fingerprint density at radius 1 is 0.974 bits per heavy atom. The molecule has 8 heteroatoms. The van der Waals surface area contributed by atoms with Gasteiger partial charge in [0.15, 0.2) is 6.10 Å². The molecule has 7 nitrogen and oxygen atoms in total. The number of anilines is 1. The van der Waals surface area contributed by atoms with E-state index in [1.54, 1.807) is 11.8 Å². The zero-order chi connectivity index (χ0) is 27.9. The van der Waals surface area contributed by atoms with Crippen molar-refractivity contribution in [3.63, 3.8) is 0 Å². The Morgan fingerprint density at radius 2 is 1.74 bits per heavy atom. The Balaban J connectivity index is 1.51. The third kappa shape index (κ3) is 11.0. The van der Waals surface area contributed by atoms with Crippen molar-refractivity contribution in [1.29, 1.82) is 0 Å². The molecule has 39 heavy (non-hydrogen) atoms. The van der Waals surface area contributed by atoms with E-state index in [1.807, 2.05) is 73.3 Å². The SMILES string of the molecule is CCOC(Cc1ccc(OCCN(CCCSCc2ccccc2)C(=O)Nc2cccc(C)c2)cc1)C(=O)O. The second-order valence-electron chi connectivity index (χ2n) is 9.16. The number of benzene rings is 3. The maximum absolute atomic E-state index is 13.1. The van der Waals surface area contributed by atoms with Gasteiger partial charge in [-0.15, -0.1) is 0 Å². The highest BCUT2D eigenvalue weighted by molar-refractivity contribution is 7.98. The van der Waals surface area contributed by atoms with Crippen molar-refractivity contribution in [2.45, 2.75) is 38.5 Å². The van der Waals surface area contributed by atoms with Gasteiger partial charge in [-0.05, 0) is 67.0 Å². The molecule has 2 N–H and O–H groups in total. The molecular formula is C31H38N2O5S. The predicted octanol–water partition coefficient (Wildman–Crippen LogP) is 6.26. The lowest BCUT2D eigenvalue weighted by Crippen LogP contribution is -2.38. The summed E-state index contributed by atoms with van der Waals surface area (Å²) in [5.41, 5.74) is 4.01. The number of nitrogens with zero attached hydrogens (tertiary/aromatic N) is 1. The first-order valence-electron chi connectivity index (χ1n) is 13.2. The third-order valence-corrected chi connectivity index (χ3v) is 7.12. The molecular weight excluding hydrogens is 512 g/mol. The molecule has 0 fully saturated rings. The maximum atomic E-state index is 13.1. The summed E-state index contributed by atoms with van der Waals surface area (Å²) in [6.07, 6.45) is 0.296. The number of thioether (sulfide) groups is 1. The van der Waals surface area contributed by atoms with Gasteiger partial charge in [0, 0.05) is 31.0 Å². The smallest absolute Gasteiger partial charge is 0.333 e. The zero-order valence-electron chi connectivity index (χ0n) is 22.7. The van der Waals surface area contributed by atoms with Crippen molar-refractivity contribution < 1.29 is 24.2 Å². The molecule has 0 spiro atoms. The quantitative estimate of drug-likeness (QED) is 0.205. The summed E-state index contributed by atoms with van der Waals surface area (Å²) in [5, 5.41) is 12.3.